The van der Waals surface area contributed by atoms with Gasteiger partial charge in [0.1, 0.15) is 0 Å². The first-order valence-corrected chi connectivity index (χ1v) is 11.3. The highest BCUT2D eigenvalue weighted by atomic mass is 28.4. The summed E-state index contributed by atoms with van der Waals surface area (Å²) in [7, 11) is 0.255. The van der Waals surface area contributed by atoms with E-state index >= 15 is 0 Å². The standard InChI is InChI=1S/C12H22O2Si2/c1-13-15(3,4)11-16(5,14-2)12-9-7-6-8-10-12/h6-10H,11H2,1-5H3. The highest BCUT2D eigenvalue weighted by molar-refractivity contribution is 6.97. The second-order valence-corrected chi connectivity index (χ2v) is 13.7. The van der Waals surface area contributed by atoms with E-state index in [2.05, 4.69) is 43.9 Å². The maximum Gasteiger partial charge on any atom is 0.220 e. The zero-order valence-corrected chi connectivity index (χ0v) is 12.9. The van der Waals surface area contributed by atoms with E-state index in [-0.39, 0.29) is 0 Å². The minimum atomic E-state index is -1.82. The molecule has 1 aromatic rings. The van der Waals surface area contributed by atoms with Crippen molar-refractivity contribution in [3.05, 3.63) is 30.3 Å². The Kier molecular flexibility index (Phi) is 4.49. The summed E-state index contributed by atoms with van der Waals surface area (Å²) >= 11 is 0. The minimum absolute atomic E-state index is 1.09. The molecule has 2 nitrogen and oxygen atoms in total. The van der Waals surface area contributed by atoms with Crippen LogP contribution in [0.4, 0.5) is 0 Å². The molecule has 0 spiro atoms. The summed E-state index contributed by atoms with van der Waals surface area (Å²) in [6, 6.07) is 10.6. The van der Waals surface area contributed by atoms with Crippen molar-refractivity contribution < 1.29 is 8.85 Å². The molecular weight excluding hydrogens is 232 g/mol. The molecule has 1 atom stereocenters. The first kappa shape index (κ1) is 13.6. The van der Waals surface area contributed by atoms with Crippen molar-refractivity contribution >= 4 is 21.8 Å². The third kappa shape index (κ3) is 3.28. The molecule has 0 saturated carbocycles. The highest BCUT2D eigenvalue weighted by Gasteiger charge is 2.38. The van der Waals surface area contributed by atoms with Crippen LogP contribution in [-0.4, -0.2) is 30.9 Å². The van der Waals surface area contributed by atoms with Crippen molar-refractivity contribution in [2.45, 2.75) is 25.3 Å². The SMILES string of the molecule is CO[Si](C)(C)C[Si](C)(OC)c1ccccc1. The van der Waals surface area contributed by atoms with Gasteiger partial charge >= 0.3 is 0 Å². The van der Waals surface area contributed by atoms with Gasteiger partial charge in [-0.15, -0.1) is 0 Å². The Bertz CT molecular complexity index is 327. The molecular formula is C12H22O2Si2. The Morgan fingerprint density at radius 2 is 1.50 bits per heavy atom. The van der Waals surface area contributed by atoms with Gasteiger partial charge in [0, 0.05) is 14.2 Å². The molecule has 0 aliphatic rings. The maximum absolute atomic E-state index is 5.86. The van der Waals surface area contributed by atoms with Gasteiger partial charge < -0.3 is 8.85 Å². The fourth-order valence-electron chi connectivity index (χ4n) is 1.97. The van der Waals surface area contributed by atoms with Gasteiger partial charge in [-0.1, -0.05) is 30.3 Å². The van der Waals surface area contributed by atoms with E-state index in [0.29, 0.717) is 0 Å². The van der Waals surface area contributed by atoms with E-state index in [0.717, 1.165) is 5.67 Å². The van der Waals surface area contributed by atoms with Gasteiger partial charge in [-0.3, -0.25) is 0 Å². The molecule has 1 aromatic carbocycles. The van der Waals surface area contributed by atoms with Gasteiger partial charge in [-0.25, -0.2) is 0 Å². The summed E-state index contributed by atoms with van der Waals surface area (Å²) in [6.07, 6.45) is 0. The lowest BCUT2D eigenvalue weighted by Crippen LogP contribution is -2.53. The monoisotopic (exact) mass is 254 g/mol. The molecule has 0 amide bonds. The fraction of sp³-hybridized carbons (Fsp3) is 0.500. The van der Waals surface area contributed by atoms with Crippen molar-refractivity contribution in [1.29, 1.82) is 0 Å². The normalized spacial score (nSPS) is 15.8. The van der Waals surface area contributed by atoms with Crippen LogP contribution in [0, 0.1) is 0 Å². The second-order valence-electron chi connectivity index (χ2n) is 4.94. The zero-order chi connectivity index (χ0) is 12.2. The molecule has 0 aliphatic heterocycles. The Morgan fingerprint density at radius 3 is 1.94 bits per heavy atom. The van der Waals surface area contributed by atoms with Crippen molar-refractivity contribution in [3.8, 4) is 0 Å². The van der Waals surface area contributed by atoms with Crippen LogP contribution in [-0.2, 0) is 8.85 Å². The van der Waals surface area contributed by atoms with E-state index < -0.39 is 16.6 Å². The molecule has 0 bridgehead atoms. The Balaban J connectivity index is 2.95. The summed E-state index contributed by atoms with van der Waals surface area (Å²) in [4.78, 5) is 0. The van der Waals surface area contributed by atoms with E-state index in [1.54, 1.807) is 0 Å². The topological polar surface area (TPSA) is 18.5 Å². The quantitative estimate of drug-likeness (QED) is 0.752. The molecule has 0 saturated heterocycles. The largest absolute Gasteiger partial charge is 0.421 e. The van der Waals surface area contributed by atoms with Crippen LogP contribution >= 0.6 is 0 Å². The van der Waals surface area contributed by atoms with Gasteiger partial charge in [0.2, 0.25) is 8.32 Å². The summed E-state index contributed by atoms with van der Waals surface area (Å²) in [5.74, 6) is 0. The average Bonchev–Trinajstić information content (AvgIpc) is 2.29. The van der Waals surface area contributed by atoms with Crippen LogP contribution in [0.2, 0.25) is 25.3 Å². The summed E-state index contributed by atoms with van der Waals surface area (Å²) in [5, 5.41) is 1.36. The Hall–Kier alpha value is -0.426. The van der Waals surface area contributed by atoms with Crippen molar-refractivity contribution in [2.24, 2.45) is 0 Å². The molecule has 0 aliphatic carbocycles. The van der Waals surface area contributed by atoms with E-state index in [1.807, 2.05) is 20.3 Å². The van der Waals surface area contributed by atoms with Crippen LogP contribution in [0.3, 0.4) is 0 Å². The summed E-state index contributed by atoms with van der Waals surface area (Å²) in [5.41, 5.74) is 1.09. The van der Waals surface area contributed by atoms with Crippen LogP contribution < -0.4 is 5.19 Å². The van der Waals surface area contributed by atoms with Crippen molar-refractivity contribution in [1.82, 2.24) is 0 Å². The maximum atomic E-state index is 5.86. The second kappa shape index (κ2) is 5.27. The van der Waals surface area contributed by atoms with Crippen LogP contribution in [0.1, 0.15) is 0 Å². The predicted molar refractivity (Wildman–Crippen MR) is 74.0 cm³/mol. The number of rotatable bonds is 5. The van der Waals surface area contributed by atoms with Crippen LogP contribution in [0.5, 0.6) is 0 Å². The van der Waals surface area contributed by atoms with Crippen molar-refractivity contribution in [3.63, 3.8) is 0 Å². The van der Waals surface area contributed by atoms with Gasteiger partial charge in [0.05, 0.1) is 0 Å². The zero-order valence-electron chi connectivity index (χ0n) is 10.9. The number of hydrogen-bond acceptors (Lipinski definition) is 2. The predicted octanol–water partition coefficient (Wildman–Crippen LogP) is 2.51. The lowest BCUT2D eigenvalue weighted by atomic mass is 10.4. The molecule has 0 fully saturated rings. The summed E-state index contributed by atoms with van der Waals surface area (Å²) < 4.78 is 11.5. The average molecular weight is 254 g/mol. The first-order valence-electron chi connectivity index (χ1n) is 5.59. The smallest absolute Gasteiger partial charge is 0.220 e. The highest BCUT2D eigenvalue weighted by Crippen LogP contribution is 2.20. The third-order valence-electron chi connectivity index (χ3n) is 3.15. The van der Waals surface area contributed by atoms with Gasteiger partial charge in [0.15, 0.2) is 8.32 Å². The number of benzene rings is 1. The first-order chi connectivity index (χ1) is 7.43. The van der Waals surface area contributed by atoms with Gasteiger partial charge in [-0.2, -0.15) is 0 Å². The van der Waals surface area contributed by atoms with Crippen LogP contribution in [0.25, 0.3) is 0 Å². The van der Waals surface area contributed by atoms with E-state index in [1.165, 1.54) is 5.19 Å². The molecule has 0 radical (unpaired) electrons. The minimum Gasteiger partial charge on any atom is -0.421 e. The lowest BCUT2D eigenvalue weighted by molar-refractivity contribution is 0.391. The lowest BCUT2D eigenvalue weighted by Gasteiger charge is -2.32. The number of hydrogen-bond donors (Lipinski definition) is 0. The molecule has 4 heteroatoms. The van der Waals surface area contributed by atoms with E-state index in [9.17, 15) is 0 Å². The molecule has 0 heterocycles. The third-order valence-corrected chi connectivity index (χ3v) is 12.8. The Morgan fingerprint density at radius 1 is 0.938 bits per heavy atom. The molecule has 1 unspecified atom stereocenters. The molecule has 0 N–H and O–H groups in total. The molecule has 16 heavy (non-hydrogen) atoms. The molecule has 1 rings (SSSR count). The van der Waals surface area contributed by atoms with Crippen molar-refractivity contribution in [2.75, 3.05) is 14.2 Å². The fourth-order valence-corrected chi connectivity index (χ4v) is 11.6. The molecule has 0 aromatic heterocycles. The van der Waals surface area contributed by atoms with Gasteiger partial charge in [0.25, 0.3) is 0 Å². The van der Waals surface area contributed by atoms with E-state index in [4.69, 9.17) is 8.85 Å². The molecule has 90 valence electrons. The Labute approximate surface area is 101 Å². The summed E-state index contributed by atoms with van der Waals surface area (Å²) in [6.45, 7) is 6.77. The van der Waals surface area contributed by atoms with Crippen LogP contribution in [0.15, 0.2) is 30.3 Å². The van der Waals surface area contributed by atoms with Gasteiger partial charge in [-0.05, 0) is 30.5 Å².